The van der Waals surface area contributed by atoms with Crippen molar-refractivity contribution in [3.05, 3.63) is 47.3 Å². The molecule has 1 heterocycles. The Hall–Kier alpha value is -4.39. The maximum Gasteiger partial charge on any atom is 0.407 e. The van der Waals surface area contributed by atoms with Crippen LogP contribution < -0.4 is 27.4 Å². The number of nitrogens with zero attached hydrogens (tertiary/aromatic N) is 1. The van der Waals surface area contributed by atoms with E-state index in [1.165, 1.54) is 0 Å². The number of hydrogen-bond acceptors (Lipinski definition) is 9. The molecule has 2 aromatic rings. The van der Waals surface area contributed by atoms with E-state index < -0.39 is 35.5 Å². The van der Waals surface area contributed by atoms with Gasteiger partial charge in [0.25, 0.3) is 5.91 Å². The van der Waals surface area contributed by atoms with Gasteiger partial charge in [-0.2, -0.15) is 0 Å². The van der Waals surface area contributed by atoms with Gasteiger partial charge in [-0.15, -0.1) is 0 Å². The Kier molecular flexibility index (Phi) is 10.4. The highest BCUT2D eigenvalue weighted by Crippen LogP contribution is 2.37. The number of rotatable bonds is 10. The number of carbonyl (C=O) groups excluding carboxylic acids is 5. The molecule has 1 unspecified atom stereocenters. The average molecular weight is 639 g/mol. The minimum Gasteiger partial charge on any atom is -0.461 e. The second-order valence-corrected chi connectivity index (χ2v) is 13.9. The molecule has 1 fully saturated rings. The summed E-state index contributed by atoms with van der Waals surface area (Å²) in [6, 6.07) is 6.21. The number of nitrogens with one attached hydrogen (secondary N) is 3. The number of nitrogens with two attached hydrogens (primary N) is 2. The zero-order valence-corrected chi connectivity index (χ0v) is 27.2. The Bertz CT molecular complexity index is 1480. The molecule has 2 aliphatic rings. The van der Waals surface area contributed by atoms with Gasteiger partial charge in [0.2, 0.25) is 5.91 Å². The van der Waals surface area contributed by atoms with E-state index in [0.29, 0.717) is 43.4 Å². The molecule has 4 rings (SSSR count). The van der Waals surface area contributed by atoms with E-state index in [-0.39, 0.29) is 36.4 Å². The van der Waals surface area contributed by atoms with E-state index in [2.05, 4.69) is 29.8 Å². The zero-order chi connectivity index (χ0) is 33.8. The molecule has 0 spiro atoms. The molecular weight excluding hydrogens is 592 g/mol. The first-order chi connectivity index (χ1) is 21.5. The van der Waals surface area contributed by atoms with Crippen LogP contribution in [-0.2, 0) is 25.5 Å². The molecule has 0 aliphatic heterocycles. The molecule has 0 bridgehead atoms. The molecule has 0 saturated heterocycles. The molecule has 13 nitrogen and oxygen atoms in total. The first kappa shape index (κ1) is 34.5. The van der Waals surface area contributed by atoms with E-state index in [9.17, 15) is 24.0 Å². The van der Waals surface area contributed by atoms with Crippen LogP contribution in [0.2, 0.25) is 0 Å². The van der Waals surface area contributed by atoms with Gasteiger partial charge in [0.05, 0.1) is 5.56 Å². The van der Waals surface area contributed by atoms with Crippen molar-refractivity contribution in [2.45, 2.75) is 96.9 Å². The smallest absolute Gasteiger partial charge is 0.407 e. The Morgan fingerprint density at radius 1 is 1.04 bits per heavy atom. The van der Waals surface area contributed by atoms with Crippen LogP contribution in [0.3, 0.4) is 0 Å². The molecule has 13 heteroatoms. The highest BCUT2D eigenvalue weighted by atomic mass is 16.6. The summed E-state index contributed by atoms with van der Waals surface area (Å²) < 4.78 is 12.7. The van der Waals surface area contributed by atoms with Gasteiger partial charge < -0.3 is 41.5 Å². The molecule has 1 atom stereocenters. The highest BCUT2D eigenvalue weighted by molar-refractivity contribution is 6.00. The molecule has 0 radical (unpaired) electrons. The molecule has 1 saturated carbocycles. The summed E-state index contributed by atoms with van der Waals surface area (Å²) in [5.41, 5.74) is 14.2. The number of fused-ring (bicyclic) bond motifs is 1. The lowest BCUT2D eigenvalue weighted by molar-refractivity contribution is -0.150. The fraction of sp³-hybridized carbons (Fsp3) is 0.545. The van der Waals surface area contributed by atoms with Crippen LogP contribution in [0.15, 0.2) is 30.5 Å². The van der Waals surface area contributed by atoms with Crippen molar-refractivity contribution < 1.29 is 33.4 Å². The first-order valence-electron chi connectivity index (χ1n) is 15.6. The predicted molar refractivity (Wildman–Crippen MR) is 172 cm³/mol. The van der Waals surface area contributed by atoms with Crippen LogP contribution in [0.5, 0.6) is 0 Å². The number of ketones is 1. The minimum atomic E-state index is -1.07. The normalized spacial score (nSPS) is 19.7. The van der Waals surface area contributed by atoms with Crippen molar-refractivity contribution in [2.75, 3.05) is 18.4 Å². The van der Waals surface area contributed by atoms with Gasteiger partial charge in [-0.25, -0.2) is 4.79 Å². The SMILES string of the molecule is CC1(C)CC(=O)c2ccn(-c3ccc(C(N)=O)c(NC4CCC(OC(=O)CNC(=O)C(N)CNC(=O)OC(C)(C)C)CC4)c3)c2C1. The number of carbonyl (C=O) groups is 5. The summed E-state index contributed by atoms with van der Waals surface area (Å²) >= 11 is 0. The fourth-order valence-corrected chi connectivity index (χ4v) is 5.87. The third kappa shape index (κ3) is 9.09. The highest BCUT2D eigenvalue weighted by Gasteiger charge is 2.33. The van der Waals surface area contributed by atoms with Crippen LogP contribution in [0.1, 0.15) is 93.1 Å². The third-order valence-electron chi connectivity index (χ3n) is 8.07. The van der Waals surface area contributed by atoms with Crippen molar-refractivity contribution in [1.29, 1.82) is 0 Å². The molecule has 250 valence electrons. The Morgan fingerprint density at radius 3 is 2.39 bits per heavy atom. The number of benzene rings is 1. The first-order valence-corrected chi connectivity index (χ1v) is 15.6. The van der Waals surface area contributed by atoms with Crippen molar-refractivity contribution in [2.24, 2.45) is 16.9 Å². The molecular formula is C33H46N6O7. The van der Waals surface area contributed by atoms with Crippen LogP contribution in [0.4, 0.5) is 10.5 Å². The van der Waals surface area contributed by atoms with E-state index in [1.54, 1.807) is 26.8 Å². The quantitative estimate of drug-likeness (QED) is 0.243. The van der Waals surface area contributed by atoms with Gasteiger partial charge in [-0.05, 0) is 82.6 Å². The molecule has 7 N–H and O–H groups in total. The number of ether oxygens (including phenoxy) is 2. The maximum absolute atomic E-state index is 12.7. The van der Waals surface area contributed by atoms with Crippen LogP contribution in [-0.4, -0.2) is 71.1 Å². The number of aromatic nitrogens is 1. The standard InChI is InChI=1S/C33H46N6O7/c1-32(2,3)46-31(44)37-17-24(34)30(43)36-18-28(41)45-21-9-6-19(7-10-21)38-25-14-20(8-11-22(25)29(35)42)39-13-12-23-26(39)15-33(4,5)16-27(23)40/h8,11-14,19,21,24,38H,6-7,9-10,15-18,34H2,1-5H3,(H2,35,42)(H,36,43)(H,37,44). The van der Waals surface area contributed by atoms with Crippen molar-refractivity contribution in [3.8, 4) is 5.69 Å². The Balaban J connectivity index is 1.28. The summed E-state index contributed by atoms with van der Waals surface area (Å²) in [7, 11) is 0. The lowest BCUT2D eigenvalue weighted by Gasteiger charge is -2.31. The third-order valence-corrected chi connectivity index (χ3v) is 8.07. The topological polar surface area (TPSA) is 197 Å². The van der Waals surface area contributed by atoms with Gasteiger partial charge in [0, 0.05) is 47.8 Å². The number of esters is 1. The van der Waals surface area contributed by atoms with E-state index >= 15 is 0 Å². The Labute approximate surface area is 269 Å². The summed E-state index contributed by atoms with van der Waals surface area (Å²) in [5.74, 6) is -1.61. The summed E-state index contributed by atoms with van der Waals surface area (Å²) in [6.07, 6.45) is 4.67. The molecule has 2 aliphatic carbocycles. The maximum atomic E-state index is 12.7. The summed E-state index contributed by atoms with van der Waals surface area (Å²) in [4.78, 5) is 61.4. The average Bonchev–Trinajstić information content (AvgIpc) is 3.37. The van der Waals surface area contributed by atoms with Gasteiger partial charge in [-0.1, -0.05) is 13.8 Å². The number of primary amides is 1. The van der Waals surface area contributed by atoms with Crippen molar-refractivity contribution >= 4 is 35.3 Å². The second-order valence-electron chi connectivity index (χ2n) is 13.9. The van der Waals surface area contributed by atoms with Gasteiger partial charge in [-0.3, -0.25) is 19.2 Å². The second kappa shape index (κ2) is 13.9. The number of Topliss-reactive ketones (excluding diaryl/α,β-unsaturated/α-hetero) is 1. The fourth-order valence-electron chi connectivity index (χ4n) is 5.87. The lowest BCUT2D eigenvalue weighted by atomic mass is 9.76. The van der Waals surface area contributed by atoms with Gasteiger partial charge in [0.15, 0.2) is 5.78 Å². The van der Waals surface area contributed by atoms with Gasteiger partial charge >= 0.3 is 12.1 Å². The van der Waals surface area contributed by atoms with Gasteiger partial charge in [0.1, 0.15) is 24.3 Å². The van der Waals surface area contributed by atoms with Crippen LogP contribution >= 0.6 is 0 Å². The minimum absolute atomic E-state index is 0.0116. The molecule has 1 aromatic heterocycles. The number of alkyl carbamates (subject to hydrolysis) is 1. The van der Waals surface area contributed by atoms with Crippen LogP contribution in [0.25, 0.3) is 5.69 Å². The van der Waals surface area contributed by atoms with E-state index in [4.69, 9.17) is 20.9 Å². The van der Waals surface area contributed by atoms with E-state index in [1.807, 2.05) is 29.0 Å². The zero-order valence-electron chi connectivity index (χ0n) is 27.2. The van der Waals surface area contributed by atoms with Crippen molar-refractivity contribution in [3.63, 3.8) is 0 Å². The summed E-state index contributed by atoms with van der Waals surface area (Å²) in [6.45, 7) is 8.82. The number of hydrogen-bond donors (Lipinski definition) is 5. The lowest BCUT2D eigenvalue weighted by Crippen LogP contribution is -2.49. The number of anilines is 1. The molecule has 1 aromatic carbocycles. The molecule has 3 amide bonds. The summed E-state index contributed by atoms with van der Waals surface area (Å²) in [5, 5.41) is 8.33. The van der Waals surface area contributed by atoms with E-state index in [0.717, 1.165) is 23.4 Å². The monoisotopic (exact) mass is 638 g/mol. The molecule has 46 heavy (non-hydrogen) atoms. The predicted octanol–water partition coefficient (Wildman–Crippen LogP) is 2.97. The van der Waals surface area contributed by atoms with Crippen molar-refractivity contribution in [1.82, 2.24) is 15.2 Å². The van der Waals surface area contributed by atoms with Crippen LogP contribution in [0, 0.1) is 5.41 Å². The number of amides is 3. The Morgan fingerprint density at radius 2 is 1.74 bits per heavy atom. The largest absolute Gasteiger partial charge is 0.461 e.